The first-order valence-electron chi connectivity index (χ1n) is 7.71. The zero-order chi connectivity index (χ0) is 18.6. The molecule has 1 aliphatic rings. The number of carbonyl (C=O) groups excluding carboxylic acids is 2. The van der Waals surface area contributed by atoms with Gasteiger partial charge in [0, 0.05) is 6.42 Å². The molecule has 6 nitrogen and oxygen atoms in total. The summed E-state index contributed by atoms with van der Waals surface area (Å²) in [7, 11) is -1.49. The van der Waals surface area contributed by atoms with Gasteiger partial charge in [0.15, 0.2) is 0 Å². The van der Waals surface area contributed by atoms with Crippen LogP contribution in [0.2, 0.25) is 0 Å². The number of alkyl halides is 3. The summed E-state index contributed by atoms with van der Waals surface area (Å²) >= 11 is 0. The first kappa shape index (κ1) is 19.1. The molecule has 0 bridgehead atoms. The van der Waals surface area contributed by atoms with Gasteiger partial charge in [0.05, 0.1) is 19.0 Å². The van der Waals surface area contributed by atoms with Gasteiger partial charge in [0.1, 0.15) is 11.3 Å². The summed E-state index contributed by atoms with van der Waals surface area (Å²) in [5.41, 5.74) is 0.678. The van der Waals surface area contributed by atoms with Crippen molar-refractivity contribution in [2.45, 2.75) is 38.3 Å². The number of nitrogens with one attached hydrogen (secondary N) is 1. The van der Waals surface area contributed by atoms with Crippen LogP contribution in [0.1, 0.15) is 35.7 Å². The van der Waals surface area contributed by atoms with Gasteiger partial charge in [-0.25, -0.2) is 4.79 Å². The summed E-state index contributed by atoms with van der Waals surface area (Å²) in [4.78, 5) is 23.5. The van der Waals surface area contributed by atoms with Gasteiger partial charge >= 0.3 is 19.3 Å². The van der Waals surface area contributed by atoms with E-state index in [1.54, 1.807) is 19.1 Å². The van der Waals surface area contributed by atoms with E-state index in [9.17, 15) is 27.8 Å². The number of hydrogen-bond acceptors (Lipinski definition) is 5. The third-order valence-corrected chi connectivity index (χ3v) is 3.60. The monoisotopic (exact) mass is 359 g/mol. The van der Waals surface area contributed by atoms with Crippen molar-refractivity contribution in [1.82, 2.24) is 5.32 Å². The first-order chi connectivity index (χ1) is 11.7. The highest BCUT2D eigenvalue weighted by Gasteiger charge is 2.38. The highest BCUT2D eigenvalue weighted by atomic mass is 19.4. The Morgan fingerprint density at radius 2 is 2.16 bits per heavy atom. The zero-order valence-electron chi connectivity index (χ0n) is 13.4. The average molecular weight is 359 g/mol. The van der Waals surface area contributed by atoms with E-state index in [2.05, 4.69) is 5.32 Å². The molecule has 1 heterocycles. The minimum Gasteiger partial charge on any atom is -0.534 e. The van der Waals surface area contributed by atoms with Crippen LogP contribution in [0.5, 0.6) is 5.75 Å². The van der Waals surface area contributed by atoms with Gasteiger partial charge < -0.3 is 19.7 Å². The van der Waals surface area contributed by atoms with Crippen molar-refractivity contribution >= 4 is 19.0 Å². The van der Waals surface area contributed by atoms with Crippen molar-refractivity contribution in [3.63, 3.8) is 0 Å². The summed E-state index contributed by atoms with van der Waals surface area (Å²) in [6.45, 7) is 1.82. The molecule has 25 heavy (non-hydrogen) atoms. The number of amides is 1. The lowest BCUT2D eigenvalue weighted by molar-refractivity contribution is -0.144. The van der Waals surface area contributed by atoms with Crippen LogP contribution in [0.25, 0.3) is 0 Å². The van der Waals surface area contributed by atoms with Crippen molar-refractivity contribution < 1.29 is 37.2 Å². The Bertz CT molecular complexity index is 653. The minimum absolute atomic E-state index is 0.113. The third kappa shape index (κ3) is 5.12. The highest BCUT2D eigenvalue weighted by molar-refractivity contribution is 6.47. The molecule has 2 N–H and O–H groups in total. The predicted molar refractivity (Wildman–Crippen MR) is 81.9 cm³/mol. The largest absolute Gasteiger partial charge is 0.547 e. The van der Waals surface area contributed by atoms with Gasteiger partial charge in [0.2, 0.25) is 5.91 Å². The Kier molecular flexibility index (Phi) is 5.94. The molecule has 1 amide bonds. The maximum atomic E-state index is 12.2. The molecule has 1 aromatic carbocycles. The molecular formula is C15H17BF3NO5. The maximum absolute atomic E-state index is 12.2. The normalized spacial score (nSPS) is 16.7. The van der Waals surface area contributed by atoms with E-state index in [0.29, 0.717) is 5.56 Å². The number of rotatable bonds is 5. The van der Waals surface area contributed by atoms with Crippen LogP contribution in [0, 0.1) is 0 Å². The summed E-state index contributed by atoms with van der Waals surface area (Å²) in [6, 6.07) is 4.71. The average Bonchev–Trinajstić information content (AvgIpc) is 2.53. The zero-order valence-corrected chi connectivity index (χ0v) is 13.4. The summed E-state index contributed by atoms with van der Waals surface area (Å²) in [5, 5.41) is 12.3. The molecule has 0 fully saturated rings. The Morgan fingerprint density at radius 1 is 1.44 bits per heavy atom. The molecule has 2 rings (SSSR count). The van der Waals surface area contributed by atoms with Crippen LogP contribution in [0.3, 0.4) is 0 Å². The van der Waals surface area contributed by atoms with E-state index in [1.807, 2.05) is 0 Å². The molecule has 0 saturated carbocycles. The second-order valence-corrected chi connectivity index (χ2v) is 5.52. The van der Waals surface area contributed by atoms with Gasteiger partial charge in [0.25, 0.3) is 0 Å². The van der Waals surface area contributed by atoms with E-state index in [0.717, 1.165) is 0 Å². The lowest BCUT2D eigenvalue weighted by atomic mass is 9.72. The standard InChI is InChI=1S/C15H17BF3NO5/c1-2-24-14(22)10-5-3-4-9-8-11(16(23)25-13(9)10)20-12(21)6-7-15(17,18)19/h3-5,11,23H,2,6-8H2,1H3,(H,20,21). The Morgan fingerprint density at radius 3 is 2.80 bits per heavy atom. The lowest BCUT2D eigenvalue weighted by Gasteiger charge is -2.29. The number of hydrogen-bond donors (Lipinski definition) is 2. The van der Waals surface area contributed by atoms with Crippen LogP contribution in [-0.4, -0.2) is 42.7 Å². The molecule has 0 spiro atoms. The fraction of sp³-hybridized carbons (Fsp3) is 0.467. The number of benzene rings is 1. The Hall–Kier alpha value is -2.23. The van der Waals surface area contributed by atoms with Crippen LogP contribution in [-0.2, 0) is 16.0 Å². The molecule has 1 atom stereocenters. The smallest absolute Gasteiger partial charge is 0.534 e. The van der Waals surface area contributed by atoms with Crippen molar-refractivity contribution in [2.24, 2.45) is 0 Å². The van der Waals surface area contributed by atoms with E-state index in [-0.39, 0.29) is 24.3 Å². The van der Waals surface area contributed by atoms with E-state index in [4.69, 9.17) is 9.39 Å². The number of fused-ring (bicyclic) bond motifs is 1. The number of carbonyl (C=O) groups is 2. The number of halogens is 3. The molecule has 1 aliphatic heterocycles. The van der Waals surface area contributed by atoms with Gasteiger partial charge in [-0.2, -0.15) is 13.2 Å². The second kappa shape index (κ2) is 7.77. The highest BCUT2D eigenvalue weighted by Crippen LogP contribution is 2.30. The van der Waals surface area contributed by atoms with Crippen LogP contribution >= 0.6 is 0 Å². The van der Waals surface area contributed by atoms with Gasteiger partial charge in [-0.1, -0.05) is 12.1 Å². The van der Waals surface area contributed by atoms with E-state index < -0.39 is 44.0 Å². The van der Waals surface area contributed by atoms with E-state index in [1.165, 1.54) is 6.07 Å². The topological polar surface area (TPSA) is 84.9 Å². The predicted octanol–water partition coefficient (Wildman–Crippen LogP) is 1.65. The van der Waals surface area contributed by atoms with E-state index >= 15 is 0 Å². The summed E-state index contributed by atoms with van der Waals surface area (Å²) < 4.78 is 46.7. The van der Waals surface area contributed by atoms with Gasteiger partial charge in [-0.15, -0.1) is 0 Å². The number of ether oxygens (including phenoxy) is 1. The summed E-state index contributed by atoms with van der Waals surface area (Å²) in [6.07, 6.45) is -6.30. The summed E-state index contributed by atoms with van der Waals surface area (Å²) in [5.74, 6) is -2.21. The Balaban J connectivity index is 2.07. The quantitative estimate of drug-likeness (QED) is 0.617. The fourth-order valence-electron chi connectivity index (χ4n) is 2.45. The van der Waals surface area contributed by atoms with Crippen molar-refractivity contribution in [2.75, 3.05) is 6.61 Å². The molecular weight excluding hydrogens is 342 g/mol. The maximum Gasteiger partial charge on any atom is 0.547 e. The van der Waals surface area contributed by atoms with Crippen molar-refractivity contribution in [3.8, 4) is 5.75 Å². The van der Waals surface area contributed by atoms with Crippen molar-refractivity contribution in [3.05, 3.63) is 29.3 Å². The van der Waals surface area contributed by atoms with Gasteiger partial charge in [-0.3, -0.25) is 4.79 Å². The fourth-order valence-corrected chi connectivity index (χ4v) is 2.45. The molecule has 1 unspecified atom stereocenters. The molecule has 1 aromatic rings. The molecule has 0 aromatic heterocycles. The second-order valence-electron chi connectivity index (χ2n) is 5.52. The van der Waals surface area contributed by atoms with Crippen LogP contribution in [0.4, 0.5) is 13.2 Å². The first-order valence-corrected chi connectivity index (χ1v) is 7.71. The molecule has 0 radical (unpaired) electrons. The lowest BCUT2D eigenvalue weighted by Crippen LogP contribution is -2.53. The van der Waals surface area contributed by atoms with Crippen LogP contribution in [0.15, 0.2) is 18.2 Å². The molecule has 0 aliphatic carbocycles. The van der Waals surface area contributed by atoms with Crippen LogP contribution < -0.4 is 9.97 Å². The molecule has 10 heteroatoms. The Labute approximate surface area is 142 Å². The third-order valence-electron chi connectivity index (χ3n) is 3.60. The number of esters is 1. The minimum atomic E-state index is -4.43. The molecule has 0 saturated heterocycles. The van der Waals surface area contributed by atoms with Gasteiger partial charge in [-0.05, 0) is 25.0 Å². The SMILES string of the molecule is CCOC(=O)c1cccc2c1OB(O)C(NC(=O)CCC(F)(F)F)C2. The van der Waals surface area contributed by atoms with Crippen molar-refractivity contribution in [1.29, 1.82) is 0 Å². The molecule has 136 valence electrons. The number of para-hydroxylation sites is 1.